The molecule has 6 atom stereocenters. The Morgan fingerprint density at radius 2 is 1.82 bits per heavy atom. The number of ketones is 2. The fraction of sp³-hybridized carbons (Fsp3) is 0.464. The van der Waals surface area contributed by atoms with Crippen LogP contribution in [0.1, 0.15) is 75.8 Å². The Morgan fingerprint density at radius 1 is 1.13 bits per heavy atom. The smallest absolute Gasteiger partial charge is 0.202 e. The van der Waals surface area contributed by atoms with Crippen LogP contribution in [-0.4, -0.2) is 80.6 Å². The predicted molar refractivity (Wildman–Crippen MR) is 136 cm³/mol. The Labute approximate surface area is 224 Å². The molecule has 2 aliphatic carbocycles. The van der Waals surface area contributed by atoms with Crippen molar-refractivity contribution in [2.24, 2.45) is 5.92 Å². The standard InChI is InChI=1S/C28H31NO10/c1-11-7-18(38-12(2)23(11)31)39-16-9-28(36,17(29)10-30)8-14-20(16)27(35)22-21(25(14)33)24(32)13-5-4-6-15(37-3)19(13)26(22)34/h4-6,11-12,16,18,23,29-31,33,35-36H,7-10H2,1-3H3/t11-,12-,16-,18-,23-,28-/m0/s1. The summed E-state index contributed by atoms with van der Waals surface area (Å²) in [6.07, 6.45) is -3.86. The summed E-state index contributed by atoms with van der Waals surface area (Å²) in [6, 6.07) is 4.45. The third kappa shape index (κ3) is 4.12. The lowest BCUT2D eigenvalue weighted by Crippen LogP contribution is -2.49. The van der Waals surface area contributed by atoms with Gasteiger partial charge in [-0.25, -0.2) is 0 Å². The third-order valence-corrected chi connectivity index (χ3v) is 8.11. The first-order valence-electron chi connectivity index (χ1n) is 12.7. The molecular formula is C28H31NO10. The molecule has 11 nitrogen and oxygen atoms in total. The molecule has 2 aromatic rings. The summed E-state index contributed by atoms with van der Waals surface area (Å²) >= 11 is 0. The van der Waals surface area contributed by atoms with E-state index in [0.717, 1.165) is 0 Å². The van der Waals surface area contributed by atoms with E-state index in [1.165, 1.54) is 25.3 Å². The van der Waals surface area contributed by atoms with Gasteiger partial charge in [-0.15, -0.1) is 0 Å². The van der Waals surface area contributed by atoms with Crippen LogP contribution in [0.2, 0.25) is 0 Å². The lowest BCUT2D eigenvalue weighted by Gasteiger charge is -2.43. The molecular weight excluding hydrogens is 510 g/mol. The molecule has 11 heteroatoms. The molecule has 0 saturated carbocycles. The number of aliphatic hydroxyl groups is 3. The summed E-state index contributed by atoms with van der Waals surface area (Å²) in [4.78, 5) is 27.2. The van der Waals surface area contributed by atoms with Crippen LogP contribution in [0, 0.1) is 11.3 Å². The molecule has 0 aromatic heterocycles. The lowest BCUT2D eigenvalue weighted by atomic mass is 9.71. The number of carbonyl (C=O) groups is 2. The van der Waals surface area contributed by atoms with Crippen molar-refractivity contribution in [1.29, 1.82) is 5.41 Å². The average molecular weight is 542 g/mol. The summed E-state index contributed by atoms with van der Waals surface area (Å²) in [7, 11) is 1.34. The number of carbonyl (C=O) groups excluding carboxylic acids is 2. The highest BCUT2D eigenvalue weighted by molar-refractivity contribution is 6.31. The number of phenolic OH excluding ortho intramolecular Hbond substituents is 2. The molecule has 1 saturated heterocycles. The number of aliphatic hydroxyl groups excluding tert-OH is 2. The van der Waals surface area contributed by atoms with E-state index < -0.39 is 83.1 Å². The second kappa shape index (κ2) is 9.68. The number of ether oxygens (including phenoxy) is 3. The number of phenols is 2. The van der Waals surface area contributed by atoms with Gasteiger partial charge in [0, 0.05) is 36.0 Å². The van der Waals surface area contributed by atoms with Gasteiger partial charge in [0.25, 0.3) is 0 Å². The number of methoxy groups -OCH3 is 1. The summed E-state index contributed by atoms with van der Waals surface area (Å²) in [5.74, 6) is -2.73. The first-order valence-corrected chi connectivity index (χ1v) is 12.7. The van der Waals surface area contributed by atoms with Gasteiger partial charge in [-0.1, -0.05) is 19.1 Å². The Bertz CT molecular complexity index is 1380. The highest BCUT2D eigenvalue weighted by Crippen LogP contribution is 2.52. The second-order valence-corrected chi connectivity index (χ2v) is 10.5. The third-order valence-electron chi connectivity index (χ3n) is 8.11. The number of hydrogen-bond donors (Lipinski definition) is 6. The van der Waals surface area contributed by atoms with Crippen LogP contribution in [0.25, 0.3) is 0 Å². The molecule has 1 heterocycles. The topological polar surface area (TPSA) is 187 Å². The molecule has 39 heavy (non-hydrogen) atoms. The van der Waals surface area contributed by atoms with Gasteiger partial charge in [-0.05, 0) is 18.9 Å². The second-order valence-electron chi connectivity index (χ2n) is 10.5. The summed E-state index contributed by atoms with van der Waals surface area (Å²) in [6.45, 7) is 2.72. The van der Waals surface area contributed by atoms with Crippen molar-refractivity contribution < 1.29 is 49.3 Å². The van der Waals surface area contributed by atoms with E-state index in [4.69, 9.17) is 19.6 Å². The highest BCUT2D eigenvalue weighted by Gasteiger charge is 2.49. The maximum atomic E-state index is 13.7. The molecule has 6 N–H and O–H groups in total. The van der Waals surface area contributed by atoms with E-state index in [-0.39, 0.29) is 46.8 Å². The average Bonchev–Trinajstić information content (AvgIpc) is 2.90. The van der Waals surface area contributed by atoms with Crippen molar-refractivity contribution in [1.82, 2.24) is 0 Å². The molecule has 1 fully saturated rings. The van der Waals surface area contributed by atoms with Gasteiger partial charge in [0.15, 0.2) is 12.1 Å². The van der Waals surface area contributed by atoms with Crippen LogP contribution in [-0.2, 0) is 15.9 Å². The van der Waals surface area contributed by atoms with E-state index in [1.54, 1.807) is 6.92 Å². The molecule has 3 aliphatic rings. The summed E-state index contributed by atoms with van der Waals surface area (Å²) in [5.41, 5.74) is -3.42. The van der Waals surface area contributed by atoms with Gasteiger partial charge in [-0.3, -0.25) is 9.59 Å². The zero-order valence-electron chi connectivity index (χ0n) is 21.7. The molecule has 208 valence electrons. The number of fused-ring (bicyclic) bond motifs is 3. The molecule has 0 radical (unpaired) electrons. The van der Waals surface area contributed by atoms with Crippen molar-refractivity contribution in [3.05, 3.63) is 51.6 Å². The largest absolute Gasteiger partial charge is 0.507 e. The maximum Gasteiger partial charge on any atom is 0.202 e. The number of nitrogens with one attached hydrogen (secondary N) is 1. The number of hydrogen-bond acceptors (Lipinski definition) is 11. The van der Waals surface area contributed by atoms with E-state index in [1.807, 2.05) is 6.92 Å². The van der Waals surface area contributed by atoms with Crippen LogP contribution in [0.3, 0.4) is 0 Å². The zero-order valence-corrected chi connectivity index (χ0v) is 21.7. The molecule has 0 bridgehead atoms. The van der Waals surface area contributed by atoms with Crippen molar-refractivity contribution in [2.45, 2.75) is 63.3 Å². The number of aromatic hydroxyl groups is 2. The van der Waals surface area contributed by atoms with Crippen LogP contribution >= 0.6 is 0 Å². The van der Waals surface area contributed by atoms with Gasteiger partial charge in [0.1, 0.15) is 22.8 Å². The molecule has 0 amide bonds. The van der Waals surface area contributed by atoms with Crippen LogP contribution < -0.4 is 4.74 Å². The maximum absolute atomic E-state index is 13.7. The molecule has 2 aromatic carbocycles. The molecule has 1 aliphatic heterocycles. The van der Waals surface area contributed by atoms with E-state index in [9.17, 15) is 35.1 Å². The quantitative estimate of drug-likeness (QED) is 0.205. The van der Waals surface area contributed by atoms with Crippen LogP contribution in [0.4, 0.5) is 0 Å². The minimum absolute atomic E-state index is 0.0133. The molecule has 0 spiro atoms. The van der Waals surface area contributed by atoms with Crippen molar-refractivity contribution in [2.75, 3.05) is 13.7 Å². The van der Waals surface area contributed by atoms with E-state index in [0.29, 0.717) is 0 Å². The number of rotatable bonds is 5. The van der Waals surface area contributed by atoms with Crippen LogP contribution in [0.5, 0.6) is 17.2 Å². The first kappa shape index (κ1) is 27.2. The van der Waals surface area contributed by atoms with Gasteiger partial charge in [0.2, 0.25) is 5.78 Å². The predicted octanol–water partition coefficient (Wildman–Crippen LogP) is 1.76. The van der Waals surface area contributed by atoms with E-state index >= 15 is 0 Å². The minimum atomic E-state index is -1.99. The van der Waals surface area contributed by atoms with Crippen molar-refractivity contribution in [3.8, 4) is 17.2 Å². The molecule has 0 unspecified atom stereocenters. The minimum Gasteiger partial charge on any atom is -0.507 e. The number of benzene rings is 2. The van der Waals surface area contributed by atoms with Crippen molar-refractivity contribution in [3.63, 3.8) is 0 Å². The normalized spacial score (nSPS) is 29.8. The monoisotopic (exact) mass is 541 g/mol. The Balaban J connectivity index is 1.69. The zero-order chi connectivity index (χ0) is 28.4. The Kier molecular flexibility index (Phi) is 6.76. The fourth-order valence-electron chi connectivity index (χ4n) is 5.96. The first-order chi connectivity index (χ1) is 18.4. The van der Waals surface area contributed by atoms with Crippen molar-refractivity contribution >= 4 is 17.3 Å². The van der Waals surface area contributed by atoms with Gasteiger partial charge >= 0.3 is 0 Å². The van der Waals surface area contributed by atoms with Gasteiger partial charge in [0.05, 0.1) is 54.4 Å². The van der Waals surface area contributed by atoms with Gasteiger partial charge in [-0.2, -0.15) is 0 Å². The lowest BCUT2D eigenvalue weighted by molar-refractivity contribution is -0.254. The Hall–Kier alpha value is -3.35. The van der Waals surface area contributed by atoms with Gasteiger partial charge < -0.3 is 45.2 Å². The summed E-state index contributed by atoms with van der Waals surface area (Å²) in [5, 5.41) is 62.4. The SMILES string of the molecule is COc1cccc2c1C(=O)c1c(O)c3c(c(O)c1C2=O)C[C@@](O)(C(=N)CO)C[C@@H]3O[C@H]1C[C@H](C)[C@H](O)[C@H](C)O1. The molecule has 5 rings (SSSR count). The Morgan fingerprint density at radius 3 is 2.46 bits per heavy atom. The van der Waals surface area contributed by atoms with Crippen LogP contribution in [0.15, 0.2) is 18.2 Å². The summed E-state index contributed by atoms with van der Waals surface area (Å²) < 4.78 is 17.3. The fourth-order valence-corrected chi connectivity index (χ4v) is 5.96. The van der Waals surface area contributed by atoms with E-state index in [2.05, 4.69) is 0 Å². The highest BCUT2D eigenvalue weighted by atomic mass is 16.7.